The number of ether oxygens (including phenoxy) is 2. The Kier molecular flexibility index (Phi) is 5.18. The fraction of sp³-hybridized carbons (Fsp3) is 0.263. The molecule has 2 N–H and O–H groups in total. The van der Waals surface area contributed by atoms with Crippen LogP contribution in [-0.4, -0.2) is 25.2 Å². The smallest absolute Gasteiger partial charge is 0.243 e. The van der Waals surface area contributed by atoms with Crippen LogP contribution >= 0.6 is 0 Å². The molecular formula is C19H20N2O4. The molecule has 0 aliphatic carbocycles. The highest BCUT2D eigenvalue weighted by atomic mass is 16.7. The lowest BCUT2D eigenvalue weighted by Crippen LogP contribution is -2.32. The van der Waals surface area contributed by atoms with Gasteiger partial charge in [-0.25, -0.2) is 0 Å². The van der Waals surface area contributed by atoms with Crippen LogP contribution in [-0.2, 0) is 16.0 Å². The second kappa shape index (κ2) is 7.70. The van der Waals surface area contributed by atoms with E-state index < -0.39 is 0 Å². The molecule has 0 saturated heterocycles. The first-order valence-electron chi connectivity index (χ1n) is 8.12. The van der Waals surface area contributed by atoms with Gasteiger partial charge in [-0.2, -0.15) is 0 Å². The Bertz CT molecular complexity index is 771. The molecule has 2 aromatic rings. The minimum absolute atomic E-state index is 0.0683. The molecule has 0 aromatic heterocycles. The van der Waals surface area contributed by atoms with Gasteiger partial charge >= 0.3 is 0 Å². The lowest BCUT2D eigenvalue weighted by atomic mass is 10.1. The summed E-state index contributed by atoms with van der Waals surface area (Å²) in [6, 6.07) is 13.2. The van der Waals surface area contributed by atoms with Crippen LogP contribution in [0.25, 0.3) is 0 Å². The van der Waals surface area contributed by atoms with Crippen molar-refractivity contribution < 1.29 is 19.1 Å². The highest BCUT2D eigenvalue weighted by molar-refractivity contribution is 5.94. The summed E-state index contributed by atoms with van der Waals surface area (Å²) in [4.78, 5) is 23.8. The number of carbonyl (C=O) groups is 2. The van der Waals surface area contributed by atoms with Crippen molar-refractivity contribution in [1.29, 1.82) is 0 Å². The van der Waals surface area contributed by atoms with E-state index in [1.54, 1.807) is 18.2 Å². The first-order valence-corrected chi connectivity index (χ1v) is 8.12. The third kappa shape index (κ3) is 4.73. The minimum atomic E-state index is -0.289. The topological polar surface area (TPSA) is 76.7 Å². The normalized spacial score (nSPS) is 11.9. The van der Waals surface area contributed by atoms with Crippen LogP contribution in [0.3, 0.4) is 0 Å². The van der Waals surface area contributed by atoms with E-state index in [0.29, 0.717) is 30.0 Å². The number of nitrogens with one attached hydrogen (secondary N) is 2. The zero-order chi connectivity index (χ0) is 17.6. The zero-order valence-corrected chi connectivity index (χ0v) is 14.0. The Morgan fingerprint density at radius 2 is 1.76 bits per heavy atom. The Morgan fingerprint density at radius 3 is 2.56 bits per heavy atom. The van der Waals surface area contributed by atoms with Crippen molar-refractivity contribution in [2.24, 2.45) is 0 Å². The van der Waals surface area contributed by atoms with Gasteiger partial charge in [-0.1, -0.05) is 29.8 Å². The molecule has 1 aliphatic heterocycles. The van der Waals surface area contributed by atoms with Crippen LogP contribution in [0.5, 0.6) is 11.5 Å². The Morgan fingerprint density at radius 1 is 1.00 bits per heavy atom. The highest BCUT2D eigenvalue weighted by Gasteiger charge is 2.14. The van der Waals surface area contributed by atoms with Gasteiger partial charge in [0.2, 0.25) is 18.6 Å². The lowest BCUT2D eigenvalue weighted by Gasteiger charge is -2.08. The first kappa shape index (κ1) is 16.8. The number of aryl methyl sites for hydroxylation is 2. The Balaban J connectivity index is 1.41. The van der Waals surface area contributed by atoms with Crippen LogP contribution in [0, 0.1) is 6.92 Å². The molecule has 2 amide bonds. The number of amides is 2. The van der Waals surface area contributed by atoms with Gasteiger partial charge in [0.15, 0.2) is 11.5 Å². The van der Waals surface area contributed by atoms with Crippen molar-refractivity contribution in [2.75, 3.05) is 18.7 Å². The number of hydrogen-bond acceptors (Lipinski definition) is 4. The fourth-order valence-corrected chi connectivity index (χ4v) is 2.46. The van der Waals surface area contributed by atoms with Crippen LogP contribution in [0.1, 0.15) is 17.5 Å². The lowest BCUT2D eigenvalue weighted by molar-refractivity contribution is -0.124. The molecule has 6 heteroatoms. The van der Waals surface area contributed by atoms with Crippen molar-refractivity contribution in [3.8, 4) is 11.5 Å². The molecular weight excluding hydrogens is 320 g/mol. The number of rotatable bonds is 6. The van der Waals surface area contributed by atoms with E-state index in [2.05, 4.69) is 10.6 Å². The predicted octanol–water partition coefficient (Wildman–Crippen LogP) is 2.41. The average molecular weight is 340 g/mol. The van der Waals surface area contributed by atoms with Gasteiger partial charge in [0, 0.05) is 18.2 Å². The average Bonchev–Trinajstić information content (AvgIpc) is 3.07. The summed E-state index contributed by atoms with van der Waals surface area (Å²) in [6.07, 6.45) is 0.996. The molecule has 1 aliphatic rings. The first-order chi connectivity index (χ1) is 12.1. The third-order valence-electron chi connectivity index (χ3n) is 3.86. The molecule has 0 radical (unpaired) electrons. The quantitative estimate of drug-likeness (QED) is 0.847. The summed E-state index contributed by atoms with van der Waals surface area (Å²) in [7, 11) is 0. The van der Waals surface area contributed by atoms with E-state index >= 15 is 0 Å². The Hall–Kier alpha value is -3.02. The molecule has 0 unspecified atom stereocenters. The van der Waals surface area contributed by atoms with Gasteiger partial charge in [-0.3, -0.25) is 9.59 Å². The van der Waals surface area contributed by atoms with Crippen LogP contribution in [0.2, 0.25) is 0 Å². The molecule has 0 atom stereocenters. The highest BCUT2D eigenvalue weighted by Crippen LogP contribution is 2.34. The van der Waals surface area contributed by atoms with Gasteiger partial charge < -0.3 is 20.1 Å². The minimum Gasteiger partial charge on any atom is -0.454 e. The fourth-order valence-electron chi connectivity index (χ4n) is 2.46. The SMILES string of the molecule is Cc1ccc(CCC(=O)NCC(=O)Nc2ccc3c(c2)OCO3)cc1. The third-order valence-corrected chi connectivity index (χ3v) is 3.86. The van der Waals surface area contributed by atoms with Gasteiger partial charge in [0.1, 0.15) is 0 Å². The molecule has 2 aromatic carbocycles. The van der Waals surface area contributed by atoms with Gasteiger partial charge in [0.25, 0.3) is 0 Å². The summed E-state index contributed by atoms with van der Waals surface area (Å²) in [5.41, 5.74) is 2.89. The van der Waals surface area contributed by atoms with Crippen molar-refractivity contribution in [1.82, 2.24) is 5.32 Å². The van der Waals surface area contributed by atoms with Crippen LogP contribution in [0.15, 0.2) is 42.5 Å². The maximum Gasteiger partial charge on any atom is 0.243 e. The predicted molar refractivity (Wildman–Crippen MR) is 93.7 cm³/mol. The summed E-state index contributed by atoms with van der Waals surface area (Å²) in [6.45, 7) is 2.14. The molecule has 25 heavy (non-hydrogen) atoms. The zero-order valence-electron chi connectivity index (χ0n) is 14.0. The van der Waals surface area contributed by atoms with Crippen molar-refractivity contribution in [3.63, 3.8) is 0 Å². The maximum absolute atomic E-state index is 11.9. The van der Waals surface area contributed by atoms with Crippen molar-refractivity contribution >= 4 is 17.5 Å². The largest absolute Gasteiger partial charge is 0.454 e. The summed E-state index contributed by atoms with van der Waals surface area (Å²) in [5.74, 6) is 0.811. The molecule has 0 spiro atoms. The van der Waals surface area contributed by atoms with E-state index in [9.17, 15) is 9.59 Å². The molecule has 0 saturated carbocycles. The second-order valence-electron chi connectivity index (χ2n) is 5.88. The molecule has 3 rings (SSSR count). The van der Waals surface area contributed by atoms with E-state index in [1.807, 2.05) is 31.2 Å². The number of anilines is 1. The number of hydrogen-bond donors (Lipinski definition) is 2. The molecule has 0 bridgehead atoms. The van der Waals surface area contributed by atoms with Crippen LogP contribution < -0.4 is 20.1 Å². The monoisotopic (exact) mass is 340 g/mol. The molecule has 1 heterocycles. The summed E-state index contributed by atoms with van der Waals surface area (Å²) >= 11 is 0. The van der Waals surface area contributed by atoms with E-state index in [4.69, 9.17) is 9.47 Å². The number of carbonyl (C=O) groups excluding carboxylic acids is 2. The summed E-state index contributed by atoms with van der Waals surface area (Å²) in [5, 5.41) is 5.35. The van der Waals surface area contributed by atoms with Gasteiger partial charge in [0.05, 0.1) is 6.54 Å². The van der Waals surface area contributed by atoms with Crippen molar-refractivity contribution in [2.45, 2.75) is 19.8 Å². The van der Waals surface area contributed by atoms with Crippen LogP contribution in [0.4, 0.5) is 5.69 Å². The molecule has 6 nitrogen and oxygen atoms in total. The summed E-state index contributed by atoms with van der Waals surface area (Å²) < 4.78 is 10.5. The Labute approximate surface area is 146 Å². The van der Waals surface area contributed by atoms with E-state index in [-0.39, 0.29) is 25.2 Å². The van der Waals surface area contributed by atoms with E-state index in [0.717, 1.165) is 5.56 Å². The van der Waals surface area contributed by atoms with Gasteiger partial charge in [-0.05, 0) is 31.0 Å². The molecule has 0 fully saturated rings. The number of benzene rings is 2. The van der Waals surface area contributed by atoms with Gasteiger partial charge in [-0.15, -0.1) is 0 Å². The molecule has 130 valence electrons. The van der Waals surface area contributed by atoms with E-state index in [1.165, 1.54) is 5.56 Å². The van der Waals surface area contributed by atoms with Crippen molar-refractivity contribution in [3.05, 3.63) is 53.6 Å². The standard InChI is InChI=1S/C19H20N2O4/c1-13-2-4-14(5-3-13)6-9-18(22)20-11-19(23)21-15-7-8-16-17(10-15)25-12-24-16/h2-5,7-8,10H,6,9,11-12H2,1H3,(H,20,22)(H,21,23). The number of fused-ring (bicyclic) bond motifs is 1. The second-order valence-corrected chi connectivity index (χ2v) is 5.88. The maximum atomic E-state index is 11.9.